The topological polar surface area (TPSA) is 106 Å². The van der Waals surface area contributed by atoms with Crippen LogP contribution in [0.15, 0.2) is 39.1 Å². The molecule has 0 aliphatic heterocycles. The maximum absolute atomic E-state index is 12.0. The van der Waals surface area contributed by atoms with Crippen LogP contribution in [0, 0.1) is 0 Å². The summed E-state index contributed by atoms with van der Waals surface area (Å²) in [5.74, 6) is 0.290. The molecule has 0 aliphatic carbocycles. The zero-order chi connectivity index (χ0) is 17.6. The summed E-state index contributed by atoms with van der Waals surface area (Å²) < 4.78 is 6.16. The first kappa shape index (κ1) is 17.4. The Morgan fingerprint density at radius 2 is 2.00 bits per heavy atom. The van der Waals surface area contributed by atoms with Crippen LogP contribution < -0.4 is 10.6 Å². The molecule has 2 N–H and O–H groups in total. The summed E-state index contributed by atoms with van der Waals surface area (Å²) >= 11 is 2.71. The molecular formula is C15H16N6O2S2. The van der Waals surface area contributed by atoms with Gasteiger partial charge in [-0.1, -0.05) is 46.4 Å². The molecule has 2 heterocycles. The number of hydrogen-bond donors (Lipinski definition) is 2. The number of benzene rings is 1. The lowest BCUT2D eigenvalue weighted by Gasteiger charge is -2.03. The molecule has 25 heavy (non-hydrogen) atoms. The van der Waals surface area contributed by atoms with Crippen LogP contribution in [0.25, 0.3) is 11.5 Å². The van der Waals surface area contributed by atoms with Crippen LogP contribution in [0.3, 0.4) is 0 Å². The quantitative estimate of drug-likeness (QED) is 0.606. The molecule has 0 bridgehead atoms. The Hall–Kier alpha value is -2.46. The van der Waals surface area contributed by atoms with E-state index in [-0.39, 0.29) is 23.7 Å². The number of nitrogens with zero attached hydrogens (tertiary/aromatic N) is 4. The van der Waals surface area contributed by atoms with E-state index in [1.807, 2.05) is 44.2 Å². The third-order valence-corrected chi connectivity index (χ3v) is 4.83. The molecule has 0 unspecified atom stereocenters. The molecule has 0 saturated heterocycles. The molecule has 0 spiro atoms. The van der Waals surface area contributed by atoms with Crippen LogP contribution in [0.2, 0.25) is 0 Å². The fourth-order valence-electron chi connectivity index (χ4n) is 1.83. The summed E-state index contributed by atoms with van der Waals surface area (Å²) in [6.45, 7) is 4.05. The van der Waals surface area contributed by atoms with Crippen LogP contribution in [-0.4, -0.2) is 38.1 Å². The summed E-state index contributed by atoms with van der Waals surface area (Å²) in [4.78, 5) is 12.0. The van der Waals surface area contributed by atoms with Crippen LogP contribution in [0.5, 0.6) is 0 Å². The van der Waals surface area contributed by atoms with Crippen molar-refractivity contribution in [2.45, 2.75) is 24.2 Å². The van der Waals surface area contributed by atoms with Gasteiger partial charge in [-0.05, 0) is 26.0 Å². The normalized spacial score (nSPS) is 10.8. The Morgan fingerprint density at radius 3 is 2.76 bits per heavy atom. The molecule has 0 fully saturated rings. The van der Waals surface area contributed by atoms with Gasteiger partial charge in [0.2, 0.25) is 16.9 Å². The second-order valence-corrected chi connectivity index (χ2v) is 7.49. The largest absolute Gasteiger partial charge is 0.403 e. The second-order valence-electron chi connectivity index (χ2n) is 5.29. The van der Waals surface area contributed by atoms with Crippen molar-refractivity contribution in [1.29, 1.82) is 0 Å². The maximum atomic E-state index is 12.0. The Morgan fingerprint density at radius 1 is 1.20 bits per heavy atom. The number of amides is 1. The van der Waals surface area contributed by atoms with E-state index in [0.717, 1.165) is 10.7 Å². The number of anilines is 2. The molecule has 130 valence electrons. The van der Waals surface area contributed by atoms with Gasteiger partial charge in [0.15, 0.2) is 4.34 Å². The summed E-state index contributed by atoms with van der Waals surface area (Å²) in [5, 5.41) is 22.3. The minimum Gasteiger partial charge on any atom is -0.403 e. The van der Waals surface area contributed by atoms with E-state index in [1.54, 1.807) is 0 Å². The van der Waals surface area contributed by atoms with E-state index >= 15 is 0 Å². The first-order valence-corrected chi connectivity index (χ1v) is 9.32. The number of thioether (sulfide) groups is 1. The van der Waals surface area contributed by atoms with Gasteiger partial charge in [-0.3, -0.25) is 10.1 Å². The smallest absolute Gasteiger partial charge is 0.322 e. The van der Waals surface area contributed by atoms with Crippen molar-refractivity contribution in [3.63, 3.8) is 0 Å². The number of carbonyl (C=O) groups is 1. The summed E-state index contributed by atoms with van der Waals surface area (Å²) in [6.07, 6.45) is 0. The highest BCUT2D eigenvalue weighted by atomic mass is 32.2. The predicted molar refractivity (Wildman–Crippen MR) is 97.8 cm³/mol. The lowest BCUT2D eigenvalue weighted by Crippen LogP contribution is -2.14. The van der Waals surface area contributed by atoms with Crippen molar-refractivity contribution in [1.82, 2.24) is 20.4 Å². The van der Waals surface area contributed by atoms with Crippen molar-refractivity contribution in [3.05, 3.63) is 30.3 Å². The molecule has 1 amide bonds. The van der Waals surface area contributed by atoms with Crippen molar-refractivity contribution < 1.29 is 9.21 Å². The van der Waals surface area contributed by atoms with Crippen LogP contribution in [0.1, 0.15) is 13.8 Å². The molecule has 10 heteroatoms. The van der Waals surface area contributed by atoms with Gasteiger partial charge in [-0.25, -0.2) is 0 Å². The lowest BCUT2D eigenvalue weighted by molar-refractivity contribution is -0.113. The highest BCUT2D eigenvalue weighted by molar-refractivity contribution is 8.01. The molecule has 0 saturated carbocycles. The molecule has 0 atom stereocenters. The Bertz CT molecular complexity index is 833. The van der Waals surface area contributed by atoms with E-state index in [4.69, 9.17) is 4.42 Å². The lowest BCUT2D eigenvalue weighted by atomic mass is 10.2. The van der Waals surface area contributed by atoms with E-state index in [9.17, 15) is 4.79 Å². The number of aromatic nitrogens is 4. The first-order chi connectivity index (χ1) is 12.1. The van der Waals surface area contributed by atoms with Crippen molar-refractivity contribution >= 4 is 40.2 Å². The molecule has 3 aromatic rings. The predicted octanol–water partition coefficient (Wildman–Crippen LogP) is 3.14. The highest BCUT2D eigenvalue weighted by Gasteiger charge is 2.13. The van der Waals surface area contributed by atoms with Gasteiger partial charge in [-0.15, -0.1) is 15.3 Å². The van der Waals surface area contributed by atoms with E-state index in [0.29, 0.717) is 10.2 Å². The molecule has 0 radical (unpaired) electrons. The number of nitrogens with one attached hydrogen (secondary N) is 2. The number of hydrogen-bond acceptors (Lipinski definition) is 9. The van der Waals surface area contributed by atoms with Gasteiger partial charge in [0.05, 0.1) is 5.75 Å². The third-order valence-electron chi connectivity index (χ3n) is 2.84. The fourth-order valence-corrected chi connectivity index (χ4v) is 3.53. The minimum absolute atomic E-state index is 0.0730. The summed E-state index contributed by atoms with van der Waals surface area (Å²) in [7, 11) is 0. The highest BCUT2D eigenvalue weighted by Crippen LogP contribution is 2.26. The van der Waals surface area contributed by atoms with E-state index in [2.05, 4.69) is 31.0 Å². The third kappa shape index (κ3) is 5.00. The average Bonchev–Trinajstić information content (AvgIpc) is 3.23. The van der Waals surface area contributed by atoms with Gasteiger partial charge in [0.25, 0.3) is 0 Å². The van der Waals surface area contributed by atoms with Gasteiger partial charge >= 0.3 is 6.01 Å². The van der Waals surface area contributed by atoms with Crippen molar-refractivity contribution in [2.24, 2.45) is 0 Å². The molecule has 8 nitrogen and oxygen atoms in total. The van der Waals surface area contributed by atoms with Crippen molar-refractivity contribution in [2.75, 3.05) is 16.4 Å². The van der Waals surface area contributed by atoms with Gasteiger partial charge in [0.1, 0.15) is 0 Å². The number of carbonyl (C=O) groups excluding carboxylic acids is 1. The van der Waals surface area contributed by atoms with Crippen molar-refractivity contribution in [3.8, 4) is 11.5 Å². The molecule has 3 rings (SSSR count). The Kier molecular flexibility index (Phi) is 5.61. The van der Waals surface area contributed by atoms with E-state index < -0.39 is 0 Å². The molecular weight excluding hydrogens is 360 g/mol. The Balaban J connectivity index is 1.51. The zero-order valence-electron chi connectivity index (χ0n) is 13.6. The first-order valence-electron chi connectivity index (χ1n) is 7.52. The standard InChI is InChI=1S/C15H16N6O2S2/c1-9(2)16-14-20-21-15(25-14)24-8-11(22)17-13-19-18-12(23-13)10-6-4-3-5-7-10/h3-7,9H,8H2,1-2H3,(H,16,20)(H,17,19,22). The maximum Gasteiger partial charge on any atom is 0.322 e. The van der Waals surface area contributed by atoms with Crippen LogP contribution in [0.4, 0.5) is 11.1 Å². The average molecular weight is 376 g/mol. The van der Waals surface area contributed by atoms with Crippen LogP contribution >= 0.6 is 23.1 Å². The fraction of sp³-hybridized carbons (Fsp3) is 0.267. The van der Waals surface area contributed by atoms with Gasteiger partial charge in [-0.2, -0.15) is 0 Å². The summed E-state index contributed by atoms with van der Waals surface area (Å²) in [6, 6.07) is 9.71. The van der Waals surface area contributed by atoms with Gasteiger partial charge in [0, 0.05) is 11.6 Å². The van der Waals surface area contributed by atoms with E-state index in [1.165, 1.54) is 23.1 Å². The summed E-state index contributed by atoms with van der Waals surface area (Å²) in [5.41, 5.74) is 0.795. The monoisotopic (exact) mass is 376 g/mol. The molecule has 1 aromatic carbocycles. The minimum atomic E-state index is -0.248. The SMILES string of the molecule is CC(C)Nc1nnc(SCC(=O)Nc2nnc(-c3ccccc3)o2)s1. The number of rotatable bonds is 7. The molecule has 2 aromatic heterocycles. The Labute approximate surface area is 152 Å². The van der Waals surface area contributed by atoms with Gasteiger partial charge < -0.3 is 9.73 Å². The van der Waals surface area contributed by atoms with Crippen LogP contribution in [-0.2, 0) is 4.79 Å². The molecule has 0 aliphatic rings. The second kappa shape index (κ2) is 8.08. The zero-order valence-corrected chi connectivity index (χ0v) is 15.2.